The van der Waals surface area contributed by atoms with Gasteiger partial charge in [0.1, 0.15) is 0 Å². The average Bonchev–Trinajstić information content (AvgIpc) is 2.54. The summed E-state index contributed by atoms with van der Waals surface area (Å²) in [6.45, 7) is 6.44. The van der Waals surface area contributed by atoms with Crippen molar-refractivity contribution in [3.8, 4) is 0 Å². The minimum atomic E-state index is -0.0189. The SMILES string of the molecule is CC(=O)NC1CCCN(C(=O)CN2CCCc3cc(C)ccc32)C1. The molecular formula is C19H27N3O2. The van der Waals surface area contributed by atoms with Crippen LogP contribution in [0.4, 0.5) is 5.69 Å². The molecule has 0 radical (unpaired) electrons. The Hall–Kier alpha value is -2.04. The van der Waals surface area contributed by atoms with Gasteiger partial charge in [0.2, 0.25) is 11.8 Å². The normalized spacial score (nSPS) is 20.5. The lowest BCUT2D eigenvalue weighted by atomic mass is 9.99. The molecule has 1 saturated heterocycles. The summed E-state index contributed by atoms with van der Waals surface area (Å²) in [5.41, 5.74) is 3.83. The van der Waals surface area contributed by atoms with E-state index in [2.05, 4.69) is 35.3 Å². The lowest BCUT2D eigenvalue weighted by Crippen LogP contribution is -2.51. The first-order valence-electron chi connectivity index (χ1n) is 8.92. The summed E-state index contributed by atoms with van der Waals surface area (Å²) < 4.78 is 0. The Morgan fingerprint density at radius 3 is 2.88 bits per heavy atom. The van der Waals surface area contributed by atoms with Gasteiger partial charge >= 0.3 is 0 Å². The standard InChI is InChI=1S/C19H27N3O2/c1-14-7-8-18-16(11-14)5-3-9-21(18)13-19(24)22-10-4-6-17(12-22)20-15(2)23/h7-8,11,17H,3-6,9-10,12-13H2,1-2H3,(H,20,23). The summed E-state index contributed by atoms with van der Waals surface area (Å²) in [6.07, 6.45) is 4.09. The summed E-state index contributed by atoms with van der Waals surface area (Å²) in [7, 11) is 0. The number of carbonyl (C=O) groups is 2. The van der Waals surface area contributed by atoms with Crippen LogP contribution in [-0.2, 0) is 16.0 Å². The molecule has 1 aromatic rings. The van der Waals surface area contributed by atoms with Crippen molar-refractivity contribution in [1.82, 2.24) is 10.2 Å². The molecule has 2 heterocycles. The van der Waals surface area contributed by atoms with Gasteiger partial charge in [-0.05, 0) is 44.2 Å². The molecule has 1 atom stereocenters. The highest BCUT2D eigenvalue weighted by molar-refractivity contribution is 5.82. The molecule has 0 spiro atoms. The molecule has 2 aliphatic rings. The van der Waals surface area contributed by atoms with Gasteiger partial charge in [0.15, 0.2) is 0 Å². The first kappa shape index (κ1) is 16.8. The summed E-state index contributed by atoms with van der Waals surface area (Å²) in [4.78, 5) is 28.1. The van der Waals surface area contributed by atoms with Crippen molar-refractivity contribution >= 4 is 17.5 Å². The predicted molar refractivity (Wildman–Crippen MR) is 95.1 cm³/mol. The number of rotatable bonds is 3. The molecule has 2 amide bonds. The molecule has 1 unspecified atom stereocenters. The Kier molecular flexibility index (Phi) is 5.07. The maximum absolute atomic E-state index is 12.7. The molecule has 1 N–H and O–H groups in total. The quantitative estimate of drug-likeness (QED) is 0.921. The van der Waals surface area contributed by atoms with Crippen LogP contribution in [0, 0.1) is 6.92 Å². The van der Waals surface area contributed by atoms with Crippen LogP contribution in [0.5, 0.6) is 0 Å². The molecule has 0 aromatic heterocycles. The lowest BCUT2D eigenvalue weighted by Gasteiger charge is -2.36. The van der Waals surface area contributed by atoms with Gasteiger partial charge in [-0.15, -0.1) is 0 Å². The van der Waals surface area contributed by atoms with Gasteiger partial charge < -0.3 is 15.1 Å². The minimum Gasteiger partial charge on any atom is -0.362 e. The number of amides is 2. The third-order valence-corrected chi connectivity index (χ3v) is 4.96. The number of anilines is 1. The van der Waals surface area contributed by atoms with Gasteiger partial charge in [-0.25, -0.2) is 0 Å². The molecule has 130 valence electrons. The molecule has 1 aromatic carbocycles. The van der Waals surface area contributed by atoms with Gasteiger partial charge in [-0.2, -0.15) is 0 Å². The number of fused-ring (bicyclic) bond motifs is 1. The molecule has 0 bridgehead atoms. The number of nitrogens with zero attached hydrogens (tertiary/aromatic N) is 2. The van der Waals surface area contributed by atoms with Crippen LogP contribution in [0.1, 0.15) is 37.3 Å². The van der Waals surface area contributed by atoms with Gasteiger partial charge in [-0.1, -0.05) is 17.7 Å². The molecular weight excluding hydrogens is 302 g/mol. The van der Waals surface area contributed by atoms with Crippen LogP contribution in [-0.4, -0.2) is 48.9 Å². The third-order valence-electron chi connectivity index (χ3n) is 4.96. The Balaban J connectivity index is 1.64. The summed E-state index contributed by atoms with van der Waals surface area (Å²) in [5.74, 6) is 0.146. The lowest BCUT2D eigenvalue weighted by molar-refractivity contribution is -0.132. The fourth-order valence-electron chi connectivity index (χ4n) is 3.84. The Morgan fingerprint density at radius 2 is 2.08 bits per heavy atom. The fourth-order valence-corrected chi connectivity index (χ4v) is 3.84. The number of hydrogen-bond acceptors (Lipinski definition) is 3. The van der Waals surface area contributed by atoms with E-state index >= 15 is 0 Å². The monoisotopic (exact) mass is 329 g/mol. The van der Waals surface area contributed by atoms with E-state index in [0.29, 0.717) is 13.1 Å². The molecule has 5 nitrogen and oxygen atoms in total. The van der Waals surface area contributed by atoms with Crippen LogP contribution >= 0.6 is 0 Å². The van der Waals surface area contributed by atoms with Crippen molar-refractivity contribution in [1.29, 1.82) is 0 Å². The molecule has 2 aliphatic heterocycles. The second-order valence-electron chi connectivity index (χ2n) is 7.04. The minimum absolute atomic E-state index is 0.0189. The highest BCUT2D eigenvalue weighted by Gasteiger charge is 2.26. The van der Waals surface area contributed by atoms with E-state index in [9.17, 15) is 9.59 Å². The first-order valence-corrected chi connectivity index (χ1v) is 8.92. The van der Waals surface area contributed by atoms with Crippen molar-refractivity contribution in [2.45, 2.75) is 45.6 Å². The van der Waals surface area contributed by atoms with Crippen molar-refractivity contribution in [3.63, 3.8) is 0 Å². The van der Waals surface area contributed by atoms with Gasteiger partial charge in [0.05, 0.1) is 6.54 Å². The fraction of sp³-hybridized carbons (Fsp3) is 0.579. The molecule has 1 fully saturated rings. The van der Waals surface area contributed by atoms with E-state index in [1.165, 1.54) is 23.7 Å². The first-order chi connectivity index (χ1) is 11.5. The molecule has 0 aliphatic carbocycles. The zero-order valence-electron chi connectivity index (χ0n) is 14.7. The van der Waals surface area contributed by atoms with Crippen LogP contribution < -0.4 is 10.2 Å². The number of hydrogen-bond donors (Lipinski definition) is 1. The Morgan fingerprint density at radius 1 is 1.25 bits per heavy atom. The number of benzene rings is 1. The second kappa shape index (κ2) is 7.24. The largest absolute Gasteiger partial charge is 0.362 e. The predicted octanol–water partition coefficient (Wildman–Crippen LogP) is 1.87. The van der Waals surface area contributed by atoms with Crippen molar-refractivity contribution in [2.24, 2.45) is 0 Å². The van der Waals surface area contributed by atoms with Crippen molar-refractivity contribution in [2.75, 3.05) is 31.1 Å². The highest BCUT2D eigenvalue weighted by Crippen LogP contribution is 2.28. The summed E-state index contributed by atoms with van der Waals surface area (Å²) >= 11 is 0. The van der Waals surface area contributed by atoms with E-state index in [1.807, 2.05) is 4.90 Å². The molecule has 5 heteroatoms. The zero-order valence-corrected chi connectivity index (χ0v) is 14.7. The molecule has 0 saturated carbocycles. The van der Waals surface area contributed by atoms with E-state index < -0.39 is 0 Å². The zero-order chi connectivity index (χ0) is 17.1. The number of nitrogens with one attached hydrogen (secondary N) is 1. The van der Waals surface area contributed by atoms with E-state index in [0.717, 1.165) is 38.8 Å². The average molecular weight is 329 g/mol. The van der Waals surface area contributed by atoms with Gasteiger partial charge in [0.25, 0.3) is 0 Å². The smallest absolute Gasteiger partial charge is 0.242 e. The second-order valence-corrected chi connectivity index (χ2v) is 7.04. The number of likely N-dealkylation sites (tertiary alicyclic amines) is 1. The highest BCUT2D eigenvalue weighted by atomic mass is 16.2. The van der Waals surface area contributed by atoms with E-state index in [-0.39, 0.29) is 17.9 Å². The topological polar surface area (TPSA) is 52.7 Å². The molecule has 24 heavy (non-hydrogen) atoms. The number of aryl methyl sites for hydroxylation is 2. The number of piperidine rings is 1. The van der Waals surface area contributed by atoms with Crippen LogP contribution in [0.15, 0.2) is 18.2 Å². The Bertz CT molecular complexity index is 629. The Labute approximate surface area is 144 Å². The van der Waals surface area contributed by atoms with Crippen LogP contribution in [0.3, 0.4) is 0 Å². The van der Waals surface area contributed by atoms with Crippen LogP contribution in [0.25, 0.3) is 0 Å². The summed E-state index contributed by atoms with van der Waals surface area (Å²) in [5, 5.41) is 2.95. The third kappa shape index (κ3) is 3.89. The van der Waals surface area contributed by atoms with Gasteiger partial charge in [-0.3, -0.25) is 9.59 Å². The maximum atomic E-state index is 12.7. The number of carbonyl (C=O) groups excluding carboxylic acids is 2. The van der Waals surface area contributed by atoms with Gasteiger partial charge in [0, 0.05) is 38.3 Å². The van der Waals surface area contributed by atoms with Crippen LogP contribution in [0.2, 0.25) is 0 Å². The van der Waals surface area contributed by atoms with E-state index in [1.54, 1.807) is 0 Å². The molecule has 3 rings (SSSR count). The maximum Gasteiger partial charge on any atom is 0.242 e. The van der Waals surface area contributed by atoms with Crippen molar-refractivity contribution in [3.05, 3.63) is 29.3 Å². The van der Waals surface area contributed by atoms with Crippen molar-refractivity contribution < 1.29 is 9.59 Å². The summed E-state index contributed by atoms with van der Waals surface area (Å²) in [6, 6.07) is 6.60. The van der Waals surface area contributed by atoms with E-state index in [4.69, 9.17) is 0 Å².